The summed E-state index contributed by atoms with van der Waals surface area (Å²) in [4.78, 5) is 25.6. The summed E-state index contributed by atoms with van der Waals surface area (Å²) in [7, 11) is 0. The van der Waals surface area contributed by atoms with E-state index in [0.29, 0.717) is 12.8 Å². The number of unbranched alkanes of at least 4 members (excludes halogenated alkanes) is 9. The summed E-state index contributed by atoms with van der Waals surface area (Å²) in [5.41, 5.74) is 0. The van der Waals surface area contributed by atoms with Gasteiger partial charge >= 0.3 is 11.9 Å². The van der Waals surface area contributed by atoms with Crippen molar-refractivity contribution < 1.29 is 73.8 Å². The summed E-state index contributed by atoms with van der Waals surface area (Å²) in [5.74, 6) is -1.06. The quantitative estimate of drug-likeness (QED) is 0.0210. The Hall–Kier alpha value is -3.06. The molecule has 0 aromatic rings. The number of hydrogen-bond donors (Lipinski definition) is 7. The van der Waals surface area contributed by atoms with Crippen LogP contribution in [0.15, 0.2) is 72.9 Å². The molecule has 2 saturated heterocycles. The van der Waals surface area contributed by atoms with Crippen LogP contribution in [0.1, 0.15) is 117 Å². The number of aliphatic hydroxyl groups excluding tert-OH is 7. The lowest BCUT2D eigenvalue weighted by Gasteiger charge is -2.42. The molecule has 15 nitrogen and oxygen atoms in total. The Kier molecular flexibility index (Phi) is 30.5. The fraction of sp³-hybridized carbons (Fsp3) is 0.702. The van der Waals surface area contributed by atoms with E-state index >= 15 is 0 Å². The molecule has 0 spiro atoms. The van der Waals surface area contributed by atoms with Gasteiger partial charge in [0, 0.05) is 12.8 Å². The number of ether oxygens (including phenoxy) is 6. The molecule has 2 rings (SSSR count). The van der Waals surface area contributed by atoms with Crippen molar-refractivity contribution in [2.45, 2.75) is 184 Å². The number of aliphatic hydroxyl groups is 7. The van der Waals surface area contributed by atoms with Gasteiger partial charge in [-0.25, -0.2) is 0 Å². The minimum absolute atomic E-state index is 0.0461. The molecule has 2 fully saturated rings. The van der Waals surface area contributed by atoms with Crippen molar-refractivity contribution >= 4 is 11.9 Å². The zero-order chi connectivity index (χ0) is 45.4. The van der Waals surface area contributed by atoms with Gasteiger partial charge in [0.25, 0.3) is 0 Å². The highest BCUT2D eigenvalue weighted by Gasteiger charge is 2.47. The maximum atomic E-state index is 12.9. The summed E-state index contributed by atoms with van der Waals surface area (Å²) >= 11 is 0. The van der Waals surface area contributed by atoms with Crippen molar-refractivity contribution in [3.63, 3.8) is 0 Å². The highest BCUT2D eigenvalue weighted by atomic mass is 16.7. The highest BCUT2D eigenvalue weighted by Crippen LogP contribution is 2.26. The monoisotopic (exact) mass is 881 g/mol. The first kappa shape index (κ1) is 55.1. The Bertz CT molecular complexity index is 1360. The third-order valence-corrected chi connectivity index (χ3v) is 10.3. The minimum Gasteiger partial charge on any atom is -0.462 e. The van der Waals surface area contributed by atoms with E-state index in [9.17, 15) is 45.3 Å². The van der Waals surface area contributed by atoms with E-state index in [1.165, 1.54) is 38.5 Å². The van der Waals surface area contributed by atoms with Crippen LogP contribution < -0.4 is 0 Å². The molecule has 7 N–H and O–H groups in total. The van der Waals surface area contributed by atoms with Crippen LogP contribution in [0.3, 0.4) is 0 Å². The van der Waals surface area contributed by atoms with Crippen molar-refractivity contribution in [2.75, 3.05) is 26.4 Å². The van der Waals surface area contributed by atoms with Crippen molar-refractivity contribution in [3.8, 4) is 0 Å². The van der Waals surface area contributed by atoms with Gasteiger partial charge in [0.15, 0.2) is 18.7 Å². The average Bonchev–Trinajstić information content (AvgIpc) is 3.26. The number of esters is 2. The maximum absolute atomic E-state index is 12.9. The van der Waals surface area contributed by atoms with Gasteiger partial charge in [-0.2, -0.15) is 0 Å². The number of hydrogen-bond acceptors (Lipinski definition) is 15. The van der Waals surface area contributed by atoms with E-state index in [2.05, 4.69) is 38.2 Å². The third-order valence-electron chi connectivity index (χ3n) is 10.3. The number of rotatable bonds is 32. The Morgan fingerprint density at radius 1 is 0.548 bits per heavy atom. The van der Waals surface area contributed by atoms with E-state index in [1.54, 1.807) is 0 Å². The lowest BCUT2D eigenvalue weighted by atomic mass is 9.98. The van der Waals surface area contributed by atoms with Gasteiger partial charge in [0.1, 0.15) is 55.4 Å². The molecule has 0 amide bonds. The molecule has 0 radical (unpaired) electrons. The van der Waals surface area contributed by atoms with Gasteiger partial charge in [0.05, 0.1) is 19.8 Å². The number of allylic oxidation sites excluding steroid dienone is 12. The van der Waals surface area contributed by atoms with Crippen molar-refractivity contribution in [2.24, 2.45) is 0 Å². The SMILES string of the molecule is CC/C=C/C=C/C=C/C=C/CCCCCC(=O)OCC(CO[C@@H]1O[C@H](CO[C@@H]2O[C@H](CO)[C@H](O)C(O)C2O)[C@H](O)C(O)C1O)OC(=O)CC/C=C/C/C=C/CCCCCCCC. The molecule has 11 atom stereocenters. The lowest BCUT2D eigenvalue weighted by molar-refractivity contribution is -0.332. The second-order valence-electron chi connectivity index (χ2n) is 15.6. The fourth-order valence-electron chi connectivity index (χ4n) is 6.51. The van der Waals surface area contributed by atoms with Gasteiger partial charge in [0.2, 0.25) is 0 Å². The summed E-state index contributed by atoms with van der Waals surface area (Å²) in [6.07, 6.45) is 21.1. The first-order chi connectivity index (χ1) is 30.0. The average molecular weight is 881 g/mol. The van der Waals surface area contributed by atoms with Gasteiger partial charge in [-0.15, -0.1) is 0 Å². The van der Waals surface area contributed by atoms with Crippen molar-refractivity contribution in [1.29, 1.82) is 0 Å². The molecular weight excluding hydrogens is 805 g/mol. The van der Waals surface area contributed by atoms with Crippen LogP contribution in [-0.4, -0.2) is 142 Å². The lowest BCUT2D eigenvalue weighted by Crippen LogP contribution is -2.61. The standard InChI is InChI=1S/C47H76O15/c1-3-5-7-9-11-13-15-17-19-21-23-25-27-29-38(49)57-32-35(60-39(50)30-28-26-24-22-20-18-16-14-12-10-8-6-4-2)33-58-46-45(56)43(54)41(52)37(62-46)34-59-47-44(55)42(53)40(51)36(31-48)61-47/h5,7,9,11,13,15,17-20,24,26,35-37,40-48,51-56H,3-4,6,8,10,12,14,16,21-23,25,27-34H2,1-2H3/b7-5+,11-9+,15-13+,19-17+,20-18+,26-24+/t35?,36-,37-,40+,41+,42?,43?,44?,45?,46-,47-/m1/s1. The van der Waals surface area contributed by atoms with E-state index in [1.807, 2.05) is 48.6 Å². The van der Waals surface area contributed by atoms with Gasteiger partial charge in [-0.05, 0) is 51.4 Å². The van der Waals surface area contributed by atoms with E-state index in [-0.39, 0.29) is 19.4 Å². The molecule has 5 unspecified atom stereocenters. The Labute approximate surface area is 368 Å². The van der Waals surface area contributed by atoms with Crippen LogP contribution in [0.4, 0.5) is 0 Å². The Balaban J connectivity index is 1.91. The summed E-state index contributed by atoms with van der Waals surface area (Å²) < 4.78 is 33.3. The van der Waals surface area contributed by atoms with Crippen LogP contribution >= 0.6 is 0 Å². The van der Waals surface area contributed by atoms with Crippen molar-refractivity contribution in [1.82, 2.24) is 0 Å². The Morgan fingerprint density at radius 3 is 1.79 bits per heavy atom. The number of carbonyl (C=O) groups is 2. The van der Waals surface area contributed by atoms with Gasteiger partial charge in [-0.3, -0.25) is 9.59 Å². The minimum atomic E-state index is -1.78. The molecule has 62 heavy (non-hydrogen) atoms. The predicted octanol–water partition coefficient (Wildman–Crippen LogP) is 4.70. The van der Waals surface area contributed by atoms with Crippen LogP contribution in [0.2, 0.25) is 0 Å². The Morgan fingerprint density at radius 2 is 1.11 bits per heavy atom. The van der Waals surface area contributed by atoms with Crippen LogP contribution in [0.5, 0.6) is 0 Å². The van der Waals surface area contributed by atoms with Crippen LogP contribution in [0, 0.1) is 0 Å². The highest BCUT2D eigenvalue weighted by molar-refractivity contribution is 5.70. The summed E-state index contributed by atoms with van der Waals surface area (Å²) in [6, 6.07) is 0. The third kappa shape index (κ3) is 23.0. The van der Waals surface area contributed by atoms with E-state index in [0.717, 1.165) is 38.5 Å². The first-order valence-corrected chi connectivity index (χ1v) is 22.6. The second kappa shape index (κ2) is 34.4. The predicted molar refractivity (Wildman–Crippen MR) is 233 cm³/mol. The molecule has 0 saturated carbocycles. The zero-order valence-corrected chi connectivity index (χ0v) is 36.8. The van der Waals surface area contributed by atoms with Crippen molar-refractivity contribution in [3.05, 3.63) is 72.9 Å². The molecule has 15 heteroatoms. The summed E-state index contributed by atoms with van der Waals surface area (Å²) in [5, 5.41) is 71.8. The molecule has 2 aliphatic rings. The molecule has 0 aromatic carbocycles. The zero-order valence-electron chi connectivity index (χ0n) is 36.8. The van der Waals surface area contributed by atoms with E-state index < -0.39 is 99.3 Å². The molecule has 0 aliphatic carbocycles. The second-order valence-corrected chi connectivity index (χ2v) is 15.6. The van der Waals surface area contributed by atoms with Crippen LogP contribution in [0.25, 0.3) is 0 Å². The largest absolute Gasteiger partial charge is 0.462 e. The van der Waals surface area contributed by atoms with Gasteiger partial charge < -0.3 is 64.2 Å². The molecule has 2 heterocycles. The molecular formula is C47H76O15. The normalized spacial score (nSPS) is 27.8. The number of carbonyl (C=O) groups excluding carboxylic acids is 2. The molecule has 2 aliphatic heterocycles. The van der Waals surface area contributed by atoms with E-state index in [4.69, 9.17) is 28.4 Å². The summed E-state index contributed by atoms with van der Waals surface area (Å²) in [6.45, 7) is 2.29. The first-order valence-electron chi connectivity index (χ1n) is 22.6. The van der Waals surface area contributed by atoms with Crippen LogP contribution in [-0.2, 0) is 38.0 Å². The fourth-order valence-corrected chi connectivity index (χ4v) is 6.51. The smallest absolute Gasteiger partial charge is 0.306 e. The molecule has 0 aromatic heterocycles. The topological polar surface area (TPSA) is 231 Å². The van der Waals surface area contributed by atoms with Gasteiger partial charge in [-0.1, -0.05) is 125 Å². The molecule has 354 valence electrons. The maximum Gasteiger partial charge on any atom is 0.306 e. The molecule has 0 bridgehead atoms.